The standard InChI is InChI=1S/C23H37NO/c1-14(2)21(25)24-23(20-8-6-7-15(3)16(20)4)18-9-17-10-19(23)13-22(5,11-17)12-18/h15-20H,1,6-13H2,2-5H3,(H,24,25). The molecule has 2 nitrogen and oxygen atoms in total. The predicted molar refractivity (Wildman–Crippen MR) is 103 cm³/mol. The third-order valence-electron chi connectivity index (χ3n) is 8.88. The van der Waals surface area contributed by atoms with Gasteiger partial charge in [-0.25, -0.2) is 0 Å². The van der Waals surface area contributed by atoms with Crippen LogP contribution in [0.2, 0.25) is 0 Å². The molecule has 5 atom stereocenters. The molecular weight excluding hydrogens is 306 g/mol. The van der Waals surface area contributed by atoms with Crippen LogP contribution in [-0.2, 0) is 4.79 Å². The maximum atomic E-state index is 12.8. The van der Waals surface area contributed by atoms with Crippen molar-refractivity contribution in [2.24, 2.45) is 40.9 Å². The molecule has 0 spiro atoms. The summed E-state index contributed by atoms with van der Waals surface area (Å²) in [4.78, 5) is 12.8. The Balaban J connectivity index is 1.75. The van der Waals surface area contributed by atoms with Crippen LogP contribution >= 0.6 is 0 Å². The smallest absolute Gasteiger partial charge is 0.246 e. The summed E-state index contributed by atoms with van der Waals surface area (Å²) in [6.07, 6.45) is 10.8. The summed E-state index contributed by atoms with van der Waals surface area (Å²) in [5.74, 6) is 4.54. The van der Waals surface area contributed by atoms with E-state index >= 15 is 0 Å². The van der Waals surface area contributed by atoms with Gasteiger partial charge in [0.1, 0.15) is 0 Å². The average molecular weight is 344 g/mol. The maximum Gasteiger partial charge on any atom is 0.246 e. The van der Waals surface area contributed by atoms with E-state index in [4.69, 9.17) is 0 Å². The highest BCUT2D eigenvalue weighted by Crippen LogP contribution is 2.66. The van der Waals surface area contributed by atoms with Crippen molar-refractivity contribution in [3.8, 4) is 0 Å². The van der Waals surface area contributed by atoms with E-state index in [0.717, 1.165) is 11.8 Å². The van der Waals surface area contributed by atoms with Crippen molar-refractivity contribution in [2.75, 3.05) is 0 Å². The van der Waals surface area contributed by atoms with Gasteiger partial charge in [0.05, 0.1) is 0 Å². The Bertz CT molecular complexity index is 563. The van der Waals surface area contributed by atoms with E-state index < -0.39 is 0 Å². The van der Waals surface area contributed by atoms with Crippen LogP contribution in [-0.4, -0.2) is 11.4 Å². The molecule has 2 heteroatoms. The molecule has 5 unspecified atom stereocenters. The van der Waals surface area contributed by atoms with Crippen molar-refractivity contribution >= 4 is 5.91 Å². The first-order valence-corrected chi connectivity index (χ1v) is 10.7. The summed E-state index contributed by atoms with van der Waals surface area (Å²) in [6.45, 7) is 13.2. The Hall–Kier alpha value is -0.790. The van der Waals surface area contributed by atoms with Crippen molar-refractivity contribution in [3.63, 3.8) is 0 Å². The van der Waals surface area contributed by atoms with Crippen LogP contribution in [0.25, 0.3) is 0 Å². The van der Waals surface area contributed by atoms with Gasteiger partial charge in [-0.15, -0.1) is 0 Å². The molecule has 0 heterocycles. The Kier molecular flexibility index (Phi) is 4.13. The molecule has 0 radical (unpaired) electrons. The lowest BCUT2D eigenvalue weighted by Crippen LogP contribution is -2.72. The first-order valence-electron chi connectivity index (χ1n) is 10.7. The molecule has 1 N–H and O–H groups in total. The molecule has 0 aromatic heterocycles. The highest BCUT2D eigenvalue weighted by atomic mass is 16.1. The summed E-state index contributed by atoms with van der Waals surface area (Å²) in [7, 11) is 0. The minimum absolute atomic E-state index is 0.0422. The molecule has 0 aromatic rings. The number of amides is 1. The fourth-order valence-electron chi connectivity index (χ4n) is 7.89. The largest absolute Gasteiger partial charge is 0.346 e. The number of nitrogens with one attached hydrogen (secondary N) is 1. The minimum atomic E-state index is 0.0422. The average Bonchev–Trinajstić information content (AvgIpc) is 2.52. The third kappa shape index (κ3) is 2.61. The zero-order valence-corrected chi connectivity index (χ0v) is 16.7. The van der Waals surface area contributed by atoms with E-state index in [1.807, 2.05) is 6.92 Å². The molecule has 0 saturated heterocycles. The highest BCUT2D eigenvalue weighted by Gasteiger charge is 2.64. The summed E-state index contributed by atoms with van der Waals surface area (Å²) in [5.41, 5.74) is 1.26. The van der Waals surface area contributed by atoms with Crippen LogP contribution in [0.5, 0.6) is 0 Å². The Morgan fingerprint density at radius 3 is 2.28 bits per heavy atom. The molecule has 5 aliphatic carbocycles. The van der Waals surface area contributed by atoms with Crippen LogP contribution in [0.4, 0.5) is 0 Å². The SMILES string of the molecule is C=C(C)C(=O)NC1(C2CCCC(C)C2C)C2CC3CC1CC(C)(C3)C2. The monoisotopic (exact) mass is 343 g/mol. The van der Waals surface area contributed by atoms with Crippen LogP contribution in [0.1, 0.15) is 79.1 Å². The normalized spacial score (nSPS) is 51.4. The fourth-order valence-corrected chi connectivity index (χ4v) is 7.89. The maximum absolute atomic E-state index is 12.8. The van der Waals surface area contributed by atoms with Gasteiger partial charge in [-0.2, -0.15) is 0 Å². The molecule has 5 rings (SSSR count). The van der Waals surface area contributed by atoms with E-state index in [-0.39, 0.29) is 11.4 Å². The van der Waals surface area contributed by atoms with Gasteiger partial charge in [0.25, 0.3) is 0 Å². The predicted octanol–water partition coefficient (Wildman–Crippen LogP) is 5.34. The molecular formula is C23H37NO. The molecule has 5 saturated carbocycles. The number of hydrogen-bond acceptors (Lipinski definition) is 1. The summed E-state index contributed by atoms with van der Waals surface area (Å²) in [6, 6.07) is 0. The first kappa shape index (κ1) is 17.6. The quantitative estimate of drug-likeness (QED) is 0.689. The van der Waals surface area contributed by atoms with Gasteiger partial charge in [0.2, 0.25) is 5.91 Å². The Labute approximate surface area is 154 Å². The van der Waals surface area contributed by atoms with Crippen molar-refractivity contribution < 1.29 is 4.79 Å². The minimum Gasteiger partial charge on any atom is -0.346 e. The molecule has 140 valence electrons. The fraction of sp³-hybridized carbons (Fsp3) is 0.870. The van der Waals surface area contributed by atoms with Crippen LogP contribution in [0, 0.1) is 40.9 Å². The van der Waals surface area contributed by atoms with Crippen molar-refractivity contribution in [2.45, 2.75) is 84.6 Å². The van der Waals surface area contributed by atoms with Gasteiger partial charge >= 0.3 is 0 Å². The lowest BCUT2D eigenvalue weighted by Gasteiger charge is -2.68. The lowest BCUT2D eigenvalue weighted by atomic mass is 9.40. The molecule has 0 aliphatic heterocycles. The first-order chi connectivity index (χ1) is 11.7. The zero-order valence-electron chi connectivity index (χ0n) is 16.7. The molecule has 25 heavy (non-hydrogen) atoms. The van der Waals surface area contributed by atoms with Crippen molar-refractivity contribution in [1.29, 1.82) is 0 Å². The van der Waals surface area contributed by atoms with E-state index in [1.54, 1.807) is 0 Å². The van der Waals surface area contributed by atoms with Crippen LogP contribution in [0.15, 0.2) is 12.2 Å². The second kappa shape index (κ2) is 5.86. The number of carbonyl (C=O) groups excluding carboxylic acids is 1. The second-order valence-corrected chi connectivity index (χ2v) is 10.7. The molecule has 1 amide bonds. The summed E-state index contributed by atoms with van der Waals surface area (Å²) < 4.78 is 0. The van der Waals surface area contributed by atoms with Gasteiger partial charge in [-0.05, 0) is 86.4 Å². The topological polar surface area (TPSA) is 29.1 Å². The molecule has 5 aliphatic rings. The molecule has 4 bridgehead atoms. The van der Waals surface area contributed by atoms with Gasteiger partial charge < -0.3 is 5.32 Å². The van der Waals surface area contributed by atoms with E-state index in [1.165, 1.54) is 51.4 Å². The third-order valence-corrected chi connectivity index (χ3v) is 8.88. The second-order valence-electron chi connectivity index (χ2n) is 10.7. The Morgan fingerprint density at radius 1 is 1.08 bits per heavy atom. The van der Waals surface area contributed by atoms with E-state index in [9.17, 15) is 4.79 Å². The number of hydrogen-bond donors (Lipinski definition) is 1. The number of carbonyl (C=O) groups is 1. The molecule has 0 aromatic carbocycles. The van der Waals surface area contributed by atoms with Crippen molar-refractivity contribution in [1.82, 2.24) is 5.32 Å². The van der Waals surface area contributed by atoms with Crippen molar-refractivity contribution in [3.05, 3.63) is 12.2 Å². The lowest BCUT2D eigenvalue weighted by molar-refractivity contribution is -0.161. The van der Waals surface area contributed by atoms with E-state index in [0.29, 0.717) is 34.7 Å². The Morgan fingerprint density at radius 2 is 1.72 bits per heavy atom. The van der Waals surface area contributed by atoms with Crippen LogP contribution in [0.3, 0.4) is 0 Å². The van der Waals surface area contributed by atoms with Gasteiger partial charge in [-0.3, -0.25) is 4.79 Å². The number of rotatable bonds is 3. The summed E-state index contributed by atoms with van der Waals surface area (Å²) in [5, 5.41) is 3.67. The zero-order chi connectivity index (χ0) is 18.0. The highest BCUT2D eigenvalue weighted by molar-refractivity contribution is 5.92. The van der Waals surface area contributed by atoms with E-state index in [2.05, 4.69) is 32.7 Å². The van der Waals surface area contributed by atoms with Crippen LogP contribution < -0.4 is 5.32 Å². The van der Waals surface area contributed by atoms with Gasteiger partial charge in [0.15, 0.2) is 0 Å². The van der Waals surface area contributed by atoms with Gasteiger partial charge in [0, 0.05) is 11.1 Å². The summed E-state index contributed by atoms with van der Waals surface area (Å²) >= 11 is 0. The molecule has 5 fully saturated rings. The van der Waals surface area contributed by atoms with Gasteiger partial charge in [-0.1, -0.05) is 40.2 Å².